The molecule has 4 heterocycles. The topological polar surface area (TPSA) is 25.8 Å². The molecule has 0 aliphatic carbocycles. The quantitative estimate of drug-likeness (QED) is 0.216. The molecule has 2 aromatic carbocycles. The molecule has 6 rings (SSSR count). The van der Waals surface area contributed by atoms with E-state index >= 15 is 0 Å². The lowest BCUT2D eigenvalue weighted by Crippen LogP contribution is -2.08. The molecule has 0 N–H and O–H groups in total. The van der Waals surface area contributed by atoms with Crippen molar-refractivity contribution in [3.05, 3.63) is 69.9 Å². The molecule has 0 bridgehead atoms. The van der Waals surface area contributed by atoms with Crippen molar-refractivity contribution in [2.45, 2.75) is 67.7 Å². The molecular formula is C33H34N2S3. The molecule has 0 atom stereocenters. The molecule has 4 aromatic heterocycles. The molecule has 0 fully saturated rings. The molecule has 5 heteroatoms. The van der Waals surface area contributed by atoms with Crippen LogP contribution in [0.3, 0.4) is 0 Å². The normalized spacial score (nSPS) is 12.6. The summed E-state index contributed by atoms with van der Waals surface area (Å²) >= 11 is 5.69. The summed E-state index contributed by atoms with van der Waals surface area (Å²) in [6.07, 6.45) is 2.82. The second-order valence-electron chi connectivity index (χ2n) is 12.0. The summed E-state index contributed by atoms with van der Waals surface area (Å²) in [6, 6.07) is 13.9. The molecule has 0 saturated heterocycles. The minimum atomic E-state index is 0.282. The summed E-state index contributed by atoms with van der Waals surface area (Å²) in [5, 5.41) is 2.90. The summed E-state index contributed by atoms with van der Waals surface area (Å²) in [7, 11) is 0. The minimum Gasteiger partial charge on any atom is -0.235 e. The number of aryl methyl sites for hydroxylation is 3. The fourth-order valence-corrected chi connectivity index (χ4v) is 9.57. The number of fused-ring (bicyclic) bond motifs is 4. The van der Waals surface area contributed by atoms with Gasteiger partial charge in [-0.25, -0.2) is 9.97 Å². The average Bonchev–Trinajstić information content (AvgIpc) is 3.48. The predicted octanol–water partition coefficient (Wildman–Crippen LogP) is 11.1. The average molecular weight is 555 g/mol. The lowest BCUT2D eigenvalue weighted by molar-refractivity contribution is 0.411. The highest BCUT2D eigenvalue weighted by Crippen LogP contribution is 2.47. The second-order valence-corrected chi connectivity index (χ2v) is 15.6. The van der Waals surface area contributed by atoms with Crippen LogP contribution in [0.25, 0.3) is 51.4 Å². The third-order valence-corrected chi connectivity index (χ3v) is 11.3. The van der Waals surface area contributed by atoms with E-state index in [1.807, 2.05) is 34.0 Å². The Hall–Kier alpha value is -2.60. The molecule has 0 radical (unpaired) electrons. The summed E-state index contributed by atoms with van der Waals surface area (Å²) in [6.45, 7) is 18.2. The van der Waals surface area contributed by atoms with Gasteiger partial charge in [0.15, 0.2) is 0 Å². The largest absolute Gasteiger partial charge is 0.235 e. The molecule has 0 unspecified atom stereocenters. The van der Waals surface area contributed by atoms with Gasteiger partial charge >= 0.3 is 0 Å². The van der Waals surface area contributed by atoms with E-state index in [9.17, 15) is 0 Å². The molecular weight excluding hydrogens is 521 g/mol. The summed E-state index contributed by atoms with van der Waals surface area (Å²) in [5.41, 5.74) is 10.3. The Balaban J connectivity index is 1.51. The van der Waals surface area contributed by atoms with Gasteiger partial charge in [-0.15, -0.1) is 34.0 Å². The summed E-state index contributed by atoms with van der Waals surface area (Å²) in [4.78, 5) is 12.3. The van der Waals surface area contributed by atoms with E-state index in [0.29, 0.717) is 5.92 Å². The van der Waals surface area contributed by atoms with Crippen molar-refractivity contribution in [1.82, 2.24) is 9.97 Å². The standard InChI is InChI=1S/C33H34N2S3/c1-17(2)24-13-23(14-25-27(24)26-18(3)20(5)36-32(26)37-25)29-31-28(34-16-35-29)19(4)30(38-31)22-11-9-21(10-12-22)15-33(6,7)8/h9-14,16-17H,15H2,1-8H3. The van der Waals surface area contributed by atoms with Gasteiger partial charge in [-0.2, -0.15) is 0 Å². The Labute approximate surface area is 237 Å². The van der Waals surface area contributed by atoms with E-state index in [4.69, 9.17) is 9.97 Å². The van der Waals surface area contributed by atoms with Crippen LogP contribution in [0.2, 0.25) is 0 Å². The van der Waals surface area contributed by atoms with Gasteiger partial charge in [0, 0.05) is 30.8 Å². The molecule has 6 aromatic rings. The van der Waals surface area contributed by atoms with Crippen LogP contribution in [0.1, 0.15) is 67.7 Å². The van der Waals surface area contributed by atoms with E-state index in [-0.39, 0.29) is 5.41 Å². The van der Waals surface area contributed by atoms with E-state index < -0.39 is 0 Å². The third kappa shape index (κ3) is 4.29. The van der Waals surface area contributed by atoms with Crippen molar-refractivity contribution in [3.63, 3.8) is 0 Å². The first-order chi connectivity index (χ1) is 18.0. The van der Waals surface area contributed by atoms with Crippen molar-refractivity contribution >= 4 is 63.7 Å². The summed E-state index contributed by atoms with van der Waals surface area (Å²) in [5.74, 6) is 0.430. The van der Waals surface area contributed by atoms with Crippen LogP contribution in [0.5, 0.6) is 0 Å². The Bertz CT molecular complexity index is 1820. The van der Waals surface area contributed by atoms with Crippen molar-refractivity contribution in [1.29, 1.82) is 0 Å². The maximum absolute atomic E-state index is 4.87. The van der Waals surface area contributed by atoms with Crippen LogP contribution in [0, 0.1) is 26.2 Å². The highest BCUT2D eigenvalue weighted by Gasteiger charge is 2.21. The zero-order valence-corrected chi connectivity index (χ0v) is 25.9. The van der Waals surface area contributed by atoms with Gasteiger partial charge in [0.2, 0.25) is 0 Å². The van der Waals surface area contributed by atoms with Crippen molar-refractivity contribution < 1.29 is 0 Å². The number of rotatable bonds is 4. The molecule has 0 aliphatic heterocycles. The van der Waals surface area contributed by atoms with Gasteiger partial charge < -0.3 is 0 Å². The van der Waals surface area contributed by atoms with Gasteiger partial charge in [0.1, 0.15) is 6.33 Å². The molecule has 0 amide bonds. The number of nitrogens with zero attached hydrogens (tertiary/aromatic N) is 2. The Morgan fingerprint density at radius 2 is 1.55 bits per heavy atom. The molecule has 38 heavy (non-hydrogen) atoms. The number of benzene rings is 2. The second kappa shape index (κ2) is 9.25. The number of thiophene rings is 3. The zero-order chi connectivity index (χ0) is 26.9. The Morgan fingerprint density at radius 3 is 2.24 bits per heavy atom. The monoisotopic (exact) mass is 554 g/mol. The fraction of sp³-hybridized carbons (Fsp3) is 0.333. The molecule has 2 nitrogen and oxygen atoms in total. The predicted molar refractivity (Wildman–Crippen MR) is 171 cm³/mol. The maximum atomic E-state index is 4.87. The Kier molecular flexibility index (Phi) is 6.25. The van der Waals surface area contributed by atoms with Gasteiger partial charge in [0.25, 0.3) is 0 Å². The van der Waals surface area contributed by atoms with Crippen LogP contribution in [-0.2, 0) is 6.42 Å². The lowest BCUT2D eigenvalue weighted by Gasteiger charge is -2.18. The van der Waals surface area contributed by atoms with Crippen molar-refractivity contribution in [2.24, 2.45) is 5.41 Å². The van der Waals surface area contributed by atoms with Gasteiger partial charge in [-0.3, -0.25) is 0 Å². The van der Waals surface area contributed by atoms with E-state index in [1.165, 1.54) is 67.3 Å². The summed E-state index contributed by atoms with van der Waals surface area (Å²) < 4.78 is 3.98. The van der Waals surface area contributed by atoms with E-state index in [1.54, 1.807) is 6.33 Å². The van der Waals surface area contributed by atoms with Crippen LogP contribution >= 0.6 is 34.0 Å². The Morgan fingerprint density at radius 1 is 0.816 bits per heavy atom. The number of hydrogen-bond acceptors (Lipinski definition) is 5. The highest BCUT2D eigenvalue weighted by atomic mass is 32.2. The SMILES string of the molecule is Cc1sc2sc3cc(-c4ncnc5c(C)c(-c6ccc(CC(C)(C)C)cc6)sc45)cc(C(C)C)c3c2c1C. The zero-order valence-electron chi connectivity index (χ0n) is 23.4. The lowest BCUT2D eigenvalue weighted by atomic mass is 9.88. The van der Waals surface area contributed by atoms with E-state index in [0.717, 1.165) is 17.6 Å². The number of hydrogen-bond donors (Lipinski definition) is 0. The van der Waals surface area contributed by atoms with Crippen molar-refractivity contribution in [3.8, 4) is 21.7 Å². The van der Waals surface area contributed by atoms with Gasteiger partial charge in [-0.1, -0.05) is 58.9 Å². The first-order valence-electron chi connectivity index (χ1n) is 13.3. The van der Waals surface area contributed by atoms with Gasteiger partial charge in [0.05, 0.1) is 19.9 Å². The third-order valence-electron chi connectivity index (χ3n) is 7.49. The van der Waals surface area contributed by atoms with Crippen molar-refractivity contribution in [2.75, 3.05) is 0 Å². The van der Waals surface area contributed by atoms with Crippen LogP contribution < -0.4 is 0 Å². The molecule has 0 spiro atoms. The smallest absolute Gasteiger partial charge is 0.116 e. The fourth-order valence-electron chi connectivity index (χ4n) is 5.53. The van der Waals surface area contributed by atoms with Crippen LogP contribution in [-0.4, -0.2) is 9.97 Å². The van der Waals surface area contributed by atoms with Gasteiger partial charge in [-0.05, 0) is 78.5 Å². The van der Waals surface area contributed by atoms with Crippen LogP contribution in [0.15, 0.2) is 42.7 Å². The maximum Gasteiger partial charge on any atom is 0.116 e. The first kappa shape index (κ1) is 25.7. The molecule has 194 valence electrons. The molecule has 0 saturated carbocycles. The minimum absolute atomic E-state index is 0.282. The molecule has 0 aliphatic rings. The first-order valence-corrected chi connectivity index (χ1v) is 15.8. The highest BCUT2D eigenvalue weighted by molar-refractivity contribution is 7.41. The van der Waals surface area contributed by atoms with Crippen LogP contribution in [0.4, 0.5) is 0 Å². The number of aromatic nitrogens is 2. The van der Waals surface area contributed by atoms with E-state index in [2.05, 4.69) is 91.8 Å².